The van der Waals surface area contributed by atoms with Crippen LogP contribution in [0.1, 0.15) is 29.3 Å². The van der Waals surface area contributed by atoms with Gasteiger partial charge in [0.15, 0.2) is 0 Å². The summed E-state index contributed by atoms with van der Waals surface area (Å²) < 4.78 is 0. The number of hydrogen-bond acceptors (Lipinski definition) is 3. The first kappa shape index (κ1) is 14.7. The van der Waals surface area contributed by atoms with Gasteiger partial charge in [-0.3, -0.25) is 4.79 Å². The summed E-state index contributed by atoms with van der Waals surface area (Å²) in [6.07, 6.45) is 0.573. The average Bonchev–Trinajstić information content (AvgIpc) is 2.28. The minimum Gasteiger partial charge on any atom is -0.396 e. The number of carbonyl (C=O) groups excluding carboxylic acids is 1. The Balaban J connectivity index is 2.68. The van der Waals surface area contributed by atoms with Crippen molar-refractivity contribution in [1.82, 2.24) is 10.2 Å². The van der Waals surface area contributed by atoms with Crippen LogP contribution in [0.25, 0.3) is 0 Å². The molecule has 2 N–H and O–H groups in total. The van der Waals surface area contributed by atoms with E-state index in [0.717, 1.165) is 12.1 Å². The molecule has 0 bridgehead atoms. The molecule has 1 aromatic rings. The molecule has 100 valence electrons. The second-order valence-electron chi connectivity index (χ2n) is 4.82. The first-order valence-corrected chi connectivity index (χ1v) is 6.18. The van der Waals surface area contributed by atoms with Gasteiger partial charge in [0, 0.05) is 24.8 Å². The van der Waals surface area contributed by atoms with E-state index in [1.165, 1.54) is 0 Å². The fourth-order valence-corrected chi connectivity index (χ4v) is 1.75. The molecule has 1 amide bonds. The van der Waals surface area contributed by atoms with Gasteiger partial charge in [0.25, 0.3) is 5.91 Å². The topological polar surface area (TPSA) is 52.6 Å². The Morgan fingerprint density at radius 2 is 2.17 bits per heavy atom. The summed E-state index contributed by atoms with van der Waals surface area (Å²) in [5.74, 6) is -0.0865. The molecule has 4 nitrogen and oxygen atoms in total. The molecule has 0 aliphatic rings. The first-order chi connectivity index (χ1) is 8.52. The first-order valence-electron chi connectivity index (χ1n) is 6.18. The molecule has 4 heteroatoms. The minimum absolute atomic E-state index is 0.0139. The molecule has 0 saturated heterocycles. The maximum Gasteiger partial charge on any atom is 0.251 e. The summed E-state index contributed by atoms with van der Waals surface area (Å²) in [5.41, 5.74) is 1.78. The smallest absolute Gasteiger partial charge is 0.251 e. The molecule has 1 unspecified atom stereocenters. The lowest BCUT2D eigenvalue weighted by Crippen LogP contribution is -2.33. The van der Waals surface area contributed by atoms with E-state index in [1.807, 2.05) is 39.2 Å². The second-order valence-corrected chi connectivity index (χ2v) is 4.82. The van der Waals surface area contributed by atoms with E-state index in [1.54, 1.807) is 6.07 Å². The van der Waals surface area contributed by atoms with Gasteiger partial charge in [-0.15, -0.1) is 0 Å². The molecule has 0 heterocycles. The van der Waals surface area contributed by atoms with Gasteiger partial charge in [0.1, 0.15) is 0 Å². The molecule has 1 aromatic carbocycles. The third-order valence-corrected chi connectivity index (χ3v) is 2.63. The number of carbonyl (C=O) groups is 1. The van der Waals surface area contributed by atoms with Crippen LogP contribution in [0.3, 0.4) is 0 Å². The van der Waals surface area contributed by atoms with E-state index < -0.39 is 0 Å². The van der Waals surface area contributed by atoms with E-state index in [4.69, 9.17) is 5.11 Å². The molecular weight excluding hydrogens is 228 g/mol. The SMILES string of the molecule is CC(CCO)NC(=O)c1cccc(CN(C)C)c1. The minimum atomic E-state index is -0.0865. The van der Waals surface area contributed by atoms with Crippen molar-refractivity contribution in [3.63, 3.8) is 0 Å². The van der Waals surface area contributed by atoms with Gasteiger partial charge in [-0.2, -0.15) is 0 Å². The van der Waals surface area contributed by atoms with Crippen molar-refractivity contribution >= 4 is 5.91 Å². The molecule has 0 aromatic heterocycles. The summed E-state index contributed by atoms with van der Waals surface area (Å²) in [6.45, 7) is 2.78. The number of amides is 1. The quantitative estimate of drug-likeness (QED) is 0.799. The summed E-state index contributed by atoms with van der Waals surface area (Å²) in [7, 11) is 3.99. The number of aliphatic hydroxyl groups is 1. The molecule has 0 aliphatic carbocycles. The van der Waals surface area contributed by atoms with Crippen molar-refractivity contribution in [3.8, 4) is 0 Å². The molecule has 0 aliphatic heterocycles. The molecule has 18 heavy (non-hydrogen) atoms. The van der Waals surface area contributed by atoms with Crippen LogP contribution in [0.2, 0.25) is 0 Å². The Morgan fingerprint density at radius 3 is 2.78 bits per heavy atom. The highest BCUT2D eigenvalue weighted by Gasteiger charge is 2.09. The summed E-state index contributed by atoms with van der Waals surface area (Å²) >= 11 is 0. The van der Waals surface area contributed by atoms with Gasteiger partial charge in [0.05, 0.1) is 0 Å². The van der Waals surface area contributed by atoms with Crippen LogP contribution in [-0.4, -0.2) is 42.7 Å². The second kappa shape index (κ2) is 7.13. The molecule has 0 radical (unpaired) electrons. The van der Waals surface area contributed by atoms with Crippen LogP contribution in [0, 0.1) is 0 Å². The van der Waals surface area contributed by atoms with Crippen LogP contribution in [0.4, 0.5) is 0 Å². The van der Waals surface area contributed by atoms with Crippen molar-refractivity contribution in [2.24, 2.45) is 0 Å². The van der Waals surface area contributed by atoms with Crippen LogP contribution >= 0.6 is 0 Å². The van der Waals surface area contributed by atoms with Gasteiger partial charge in [-0.05, 0) is 45.1 Å². The van der Waals surface area contributed by atoms with E-state index in [0.29, 0.717) is 12.0 Å². The maximum atomic E-state index is 12.0. The summed E-state index contributed by atoms with van der Waals surface area (Å²) in [5, 5.41) is 11.7. The van der Waals surface area contributed by atoms with Crippen molar-refractivity contribution in [3.05, 3.63) is 35.4 Å². The molecule has 1 rings (SSSR count). The lowest BCUT2D eigenvalue weighted by atomic mass is 10.1. The van der Waals surface area contributed by atoms with Crippen molar-refractivity contribution < 1.29 is 9.90 Å². The Morgan fingerprint density at radius 1 is 1.44 bits per heavy atom. The van der Waals surface area contributed by atoms with Crippen LogP contribution in [0.15, 0.2) is 24.3 Å². The number of benzene rings is 1. The zero-order valence-electron chi connectivity index (χ0n) is 11.3. The van der Waals surface area contributed by atoms with Gasteiger partial charge in [0.2, 0.25) is 0 Å². The lowest BCUT2D eigenvalue weighted by Gasteiger charge is -2.14. The van der Waals surface area contributed by atoms with Crippen LogP contribution in [-0.2, 0) is 6.54 Å². The predicted molar refractivity (Wildman–Crippen MR) is 72.5 cm³/mol. The van der Waals surface area contributed by atoms with E-state index in [-0.39, 0.29) is 18.6 Å². The predicted octanol–water partition coefficient (Wildman–Crippen LogP) is 1.25. The van der Waals surface area contributed by atoms with E-state index >= 15 is 0 Å². The Kier molecular flexibility index (Phi) is 5.82. The van der Waals surface area contributed by atoms with Crippen molar-refractivity contribution in [2.45, 2.75) is 25.9 Å². The number of hydrogen-bond donors (Lipinski definition) is 2. The Hall–Kier alpha value is -1.39. The van der Waals surface area contributed by atoms with Gasteiger partial charge >= 0.3 is 0 Å². The Bertz CT molecular complexity index is 391. The van der Waals surface area contributed by atoms with Crippen molar-refractivity contribution in [2.75, 3.05) is 20.7 Å². The van der Waals surface area contributed by atoms with E-state index in [9.17, 15) is 4.79 Å². The monoisotopic (exact) mass is 250 g/mol. The van der Waals surface area contributed by atoms with Crippen LogP contribution < -0.4 is 5.32 Å². The lowest BCUT2D eigenvalue weighted by molar-refractivity contribution is 0.0934. The third kappa shape index (κ3) is 4.85. The summed E-state index contributed by atoms with van der Waals surface area (Å²) in [6, 6.07) is 7.60. The normalized spacial score (nSPS) is 12.5. The standard InChI is InChI=1S/C14H22N2O2/c1-11(7-8-17)15-14(18)13-6-4-5-12(9-13)10-16(2)3/h4-6,9,11,17H,7-8,10H2,1-3H3,(H,15,18). The van der Waals surface area contributed by atoms with Gasteiger partial charge < -0.3 is 15.3 Å². The average molecular weight is 250 g/mol. The number of nitrogens with zero attached hydrogens (tertiary/aromatic N) is 1. The number of aliphatic hydroxyl groups excluding tert-OH is 1. The van der Waals surface area contributed by atoms with Gasteiger partial charge in [-0.25, -0.2) is 0 Å². The number of nitrogens with one attached hydrogen (secondary N) is 1. The molecular formula is C14H22N2O2. The molecule has 0 fully saturated rings. The fraction of sp³-hybridized carbons (Fsp3) is 0.500. The van der Waals surface area contributed by atoms with E-state index in [2.05, 4.69) is 10.2 Å². The highest BCUT2D eigenvalue weighted by atomic mass is 16.3. The zero-order valence-corrected chi connectivity index (χ0v) is 11.3. The number of rotatable bonds is 6. The van der Waals surface area contributed by atoms with Crippen molar-refractivity contribution in [1.29, 1.82) is 0 Å². The maximum absolute atomic E-state index is 12.0. The molecule has 1 atom stereocenters. The Labute approximate surface area is 109 Å². The third-order valence-electron chi connectivity index (χ3n) is 2.63. The largest absolute Gasteiger partial charge is 0.396 e. The molecule has 0 spiro atoms. The van der Waals surface area contributed by atoms with Gasteiger partial charge in [-0.1, -0.05) is 12.1 Å². The highest BCUT2D eigenvalue weighted by molar-refractivity contribution is 5.94. The van der Waals surface area contributed by atoms with Crippen LogP contribution in [0.5, 0.6) is 0 Å². The fourth-order valence-electron chi connectivity index (χ4n) is 1.75. The zero-order chi connectivity index (χ0) is 13.5. The summed E-state index contributed by atoms with van der Waals surface area (Å²) in [4.78, 5) is 14.0. The molecule has 0 saturated carbocycles. The highest BCUT2D eigenvalue weighted by Crippen LogP contribution is 2.07.